The van der Waals surface area contributed by atoms with E-state index in [0.717, 1.165) is 50.8 Å². The number of hydrogen-bond donors (Lipinski definition) is 0. The number of ether oxygens (including phenoxy) is 1. The van der Waals surface area contributed by atoms with Gasteiger partial charge >= 0.3 is 0 Å². The van der Waals surface area contributed by atoms with Crippen LogP contribution >= 0.6 is 0 Å². The Balaban J connectivity index is 1.20. The van der Waals surface area contributed by atoms with Gasteiger partial charge in [0.05, 0.1) is 11.1 Å². The lowest BCUT2D eigenvalue weighted by atomic mass is 9.63. The molecule has 1 heterocycles. The Labute approximate surface area is 287 Å². The van der Waals surface area contributed by atoms with Crippen molar-refractivity contribution in [2.24, 2.45) is 0 Å². The van der Waals surface area contributed by atoms with Crippen molar-refractivity contribution in [2.75, 3.05) is 4.90 Å². The molecule has 0 bridgehead atoms. The number of rotatable bonds is 6. The van der Waals surface area contributed by atoms with Crippen molar-refractivity contribution < 1.29 is 4.74 Å². The fourth-order valence-corrected chi connectivity index (χ4v) is 7.60. The molecule has 0 unspecified atom stereocenters. The first-order valence-electron chi connectivity index (χ1n) is 16.8. The van der Waals surface area contributed by atoms with E-state index in [1.54, 1.807) is 0 Å². The summed E-state index contributed by atoms with van der Waals surface area (Å²) in [5.41, 5.74) is 9.79. The number of para-hydroxylation sites is 2. The molecule has 8 aromatic rings. The van der Waals surface area contributed by atoms with Crippen LogP contribution < -0.4 is 9.64 Å². The average Bonchev–Trinajstić information content (AvgIpc) is 3.18. The van der Waals surface area contributed by atoms with E-state index in [1.165, 1.54) is 21.9 Å². The molecule has 9 rings (SSSR count). The summed E-state index contributed by atoms with van der Waals surface area (Å²) in [6.07, 6.45) is 0. The van der Waals surface area contributed by atoms with Gasteiger partial charge in [-0.3, -0.25) is 0 Å². The largest absolute Gasteiger partial charge is 0.457 e. The molecule has 0 aliphatic carbocycles. The Morgan fingerprint density at radius 2 is 0.939 bits per heavy atom. The van der Waals surface area contributed by atoms with Gasteiger partial charge in [0.2, 0.25) is 0 Å². The molecule has 1 aliphatic rings. The molecular weight excluding hydrogens is 595 g/mol. The van der Waals surface area contributed by atoms with Crippen LogP contribution in [0.3, 0.4) is 0 Å². The zero-order valence-corrected chi connectivity index (χ0v) is 26.9. The van der Waals surface area contributed by atoms with Crippen molar-refractivity contribution in [1.29, 1.82) is 0 Å². The lowest BCUT2D eigenvalue weighted by molar-refractivity contribution is 0.434. The van der Waals surface area contributed by atoms with Crippen LogP contribution in [0.15, 0.2) is 200 Å². The lowest BCUT2D eigenvalue weighted by Crippen LogP contribution is -2.34. The summed E-state index contributed by atoms with van der Waals surface area (Å²) < 4.78 is 6.64. The van der Waals surface area contributed by atoms with Crippen LogP contribution in [0, 0.1) is 0 Å². The van der Waals surface area contributed by atoms with Crippen molar-refractivity contribution in [3.63, 3.8) is 0 Å². The van der Waals surface area contributed by atoms with Crippen LogP contribution in [-0.4, -0.2) is 0 Å². The van der Waals surface area contributed by atoms with Crippen molar-refractivity contribution in [2.45, 2.75) is 5.41 Å². The normalized spacial score (nSPS) is 12.8. The maximum Gasteiger partial charge on any atom is 0.132 e. The van der Waals surface area contributed by atoms with Crippen molar-refractivity contribution in [3.8, 4) is 22.6 Å². The zero-order valence-electron chi connectivity index (χ0n) is 26.9. The first-order chi connectivity index (χ1) is 24.3. The second-order valence-corrected chi connectivity index (χ2v) is 12.5. The maximum atomic E-state index is 6.64. The molecule has 8 aromatic carbocycles. The Hall–Kier alpha value is -6.38. The first-order valence-corrected chi connectivity index (χ1v) is 16.8. The summed E-state index contributed by atoms with van der Waals surface area (Å²) in [6.45, 7) is 0. The van der Waals surface area contributed by atoms with Gasteiger partial charge in [-0.15, -0.1) is 0 Å². The van der Waals surface area contributed by atoms with E-state index in [0.29, 0.717) is 0 Å². The number of anilines is 3. The zero-order chi connectivity index (χ0) is 32.6. The smallest absolute Gasteiger partial charge is 0.132 e. The number of fused-ring (bicyclic) bond motifs is 3. The van der Waals surface area contributed by atoms with Gasteiger partial charge in [-0.2, -0.15) is 0 Å². The minimum absolute atomic E-state index is 0.554. The topological polar surface area (TPSA) is 12.5 Å². The van der Waals surface area contributed by atoms with Crippen LogP contribution in [0.2, 0.25) is 0 Å². The predicted octanol–water partition coefficient (Wildman–Crippen LogP) is 12.5. The van der Waals surface area contributed by atoms with Crippen LogP contribution in [0.25, 0.3) is 21.9 Å². The van der Waals surface area contributed by atoms with Gasteiger partial charge in [0, 0.05) is 27.9 Å². The van der Waals surface area contributed by atoms with Gasteiger partial charge in [-0.1, -0.05) is 152 Å². The molecule has 2 nitrogen and oxygen atoms in total. The Morgan fingerprint density at radius 1 is 0.388 bits per heavy atom. The van der Waals surface area contributed by atoms with E-state index in [9.17, 15) is 0 Å². The Bertz CT molecular complexity index is 2360. The molecule has 1 aliphatic heterocycles. The minimum atomic E-state index is -0.554. The molecule has 0 aromatic heterocycles. The fraction of sp³-hybridized carbons (Fsp3) is 0.0213. The van der Waals surface area contributed by atoms with Crippen LogP contribution in [0.5, 0.6) is 11.5 Å². The molecule has 0 atom stereocenters. The van der Waals surface area contributed by atoms with E-state index in [2.05, 4.69) is 205 Å². The van der Waals surface area contributed by atoms with E-state index in [-0.39, 0.29) is 0 Å². The quantitative estimate of drug-likeness (QED) is 0.182. The third-order valence-electron chi connectivity index (χ3n) is 9.79. The summed E-state index contributed by atoms with van der Waals surface area (Å²) in [5.74, 6) is 1.76. The molecule has 0 amide bonds. The summed E-state index contributed by atoms with van der Waals surface area (Å²) >= 11 is 0. The van der Waals surface area contributed by atoms with Crippen molar-refractivity contribution >= 4 is 27.8 Å². The van der Waals surface area contributed by atoms with Gasteiger partial charge in [0.1, 0.15) is 11.5 Å². The Kier molecular flexibility index (Phi) is 7.06. The van der Waals surface area contributed by atoms with Crippen molar-refractivity contribution in [3.05, 3.63) is 222 Å². The minimum Gasteiger partial charge on any atom is -0.457 e. The molecule has 0 spiro atoms. The molecule has 232 valence electrons. The standard InChI is InChI=1S/C47H33NO/c1-4-17-37(18-5-1)47(38-19-6-2-7-20-38)42-24-12-13-26-45(42)49-46-32-29-36(33-43(46)47)34-27-30-40(31-28-34)48(39-21-8-3-9-22-39)44-25-14-16-35-15-10-11-23-41(35)44/h1-33H. The third kappa shape index (κ3) is 4.80. The summed E-state index contributed by atoms with van der Waals surface area (Å²) in [4.78, 5) is 2.35. The second kappa shape index (κ2) is 12.0. The average molecular weight is 628 g/mol. The molecule has 0 saturated carbocycles. The highest BCUT2D eigenvalue weighted by atomic mass is 16.5. The molecule has 0 N–H and O–H groups in total. The predicted molar refractivity (Wildman–Crippen MR) is 202 cm³/mol. The number of nitrogens with zero attached hydrogens (tertiary/aromatic N) is 1. The highest BCUT2D eigenvalue weighted by molar-refractivity contribution is 5.99. The highest BCUT2D eigenvalue weighted by Gasteiger charge is 2.45. The van der Waals surface area contributed by atoms with Gasteiger partial charge < -0.3 is 9.64 Å². The Morgan fingerprint density at radius 3 is 1.67 bits per heavy atom. The van der Waals surface area contributed by atoms with Crippen LogP contribution in [0.4, 0.5) is 17.1 Å². The fourth-order valence-electron chi connectivity index (χ4n) is 7.60. The lowest BCUT2D eigenvalue weighted by Gasteiger charge is -2.41. The van der Waals surface area contributed by atoms with Crippen LogP contribution in [-0.2, 0) is 5.41 Å². The third-order valence-corrected chi connectivity index (χ3v) is 9.79. The summed E-state index contributed by atoms with van der Waals surface area (Å²) in [6, 6.07) is 71.5. The highest BCUT2D eigenvalue weighted by Crippen LogP contribution is 2.55. The van der Waals surface area contributed by atoms with Crippen molar-refractivity contribution in [1.82, 2.24) is 0 Å². The monoisotopic (exact) mass is 627 g/mol. The molecule has 0 saturated heterocycles. The molecule has 49 heavy (non-hydrogen) atoms. The van der Waals surface area contributed by atoms with Crippen LogP contribution in [0.1, 0.15) is 22.3 Å². The number of benzene rings is 8. The van der Waals surface area contributed by atoms with E-state index in [1.807, 2.05) is 0 Å². The summed E-state index contributed by atoms with van der Waals surface area (Å²) in [5, 5.41) is 2.43. The summed E-state index contributed by atoms with van der Waals surface area (Å²) in [7, 11) is 0. The van der Waals surface area contributed by atoms with Gasteiger partial charge in [0.15, 0.2) is 0 Å². The van der Waals surface area contributed by atoms with Gasteiger partial charge in [0.25, 0.3) is 0 Å². The van der Waals surface area contributed by atoms with Gasteiger partial charge in [-0.25, -0.2) is 0 Å². The molecule has 0 fully saturated rings. The number of hydrogen-bond acceptors (Lipinski definition) is 2. The van der Waals surface area contributed by atoms with E-state index < -0.39 is 5.41 Å². The van der Waals surface area contributed by atoms with Gasteiger partial charge in [-0.05, 0) is 76.2 Å². The van der Waals surface area contributed by atoms with E-state index >= 15 is 0 Å². The molecular formula is C47H33NO. The first kappa shape index (κ1) is 28.8. The SMILES string of the molecule is c1ccc(N(c2ccc(-c3ccc4c(c3)C(c3ccccc3)(c3ccccc3)c3ccccc3O4)cc2)c2cccc3ccccc23)cc1. The molecule has 0 radical (unpaired) electrons. The van der Waals surface area contributed by atoms with E-state index in [4.69, 9.17) is 4.74 Å². The maximum absolute atomic E-state index is 6.64. The molecule has 2 heteroatoms. The second-order valence-electron chi connectivity index (χ2n) is 12.5.